The normalized spacial score (nSPS) is 23.2. The van der Waals surface area contributed by atoms with Crippen LogP contribution in [0.1, 0.15) is 20.3 Å². The summed E-state index contributed by atoms with van der Waals surface area (Å²) in [6.07, 6.45) is 0.158. The summed E-state index contributed by atoms with van der Waals surface area (Å²) in [5.41, 5.74) is -3.12. The molecule has 0 bridgehead atoms. The van der Waals surface area contributed by atoms with E-state index in [4.69, 9.17) is 9.05 Å². The summed E-state index contributed by atoms with van der Waals surface area (Å²) in [4.78, 5) is 9.56. The van der Waals surface area contributed by atoms with Crippen LogP contribution in [0.5, 0.6) is 0 Å². The minimum Gasteiger partial charge on any atom is -0.309 e. The molecule has 0 aliphatic heterocycles. The molecule has 0 aromatic heterocycles. The SMILES string of the molecule is CCOP(=O)(CC1(F)C=C(F)C([N+](=O)[O-])=CC1)OCC. The van der Waals surface area contributed by atoms with Crippen molar-refractivity contribution in [3.63, 3.8) is 0 Å². The Morgan fingerprint density at radius 2 is 2.00 bits per heavy atom. The number of rotatable bonds is 7. The van der Waals surface area contributed by atoms with Crippen LogP contribution in [-0.4, -0.2) is 30.0 Å². The number of alkyl halides is 1. The number of allylic oxidation sites excluding steroid dienone is 3. The monoisotopic (exact) mass is 311 g/mol. The predicted molar refractivity (Wildman–Crippen MR) is 68.4 cm³/mol. The van der Waals surface area contributed by atoms with E-state index in [-0.39, 0.29) is 13.2 Å². The summed E-state index contributed by atoms with van der Waals surface area (Å²) in [6.45, 7) is 3.24. The first-order valence-electron chi connectivity index (χ1n) is 6.05. The number of nitro groups is 1. The summed E-state index contributed by atoms with van der Waals surface area (Å²) in [5.74, 6) is -1.29. The molecule has 0 heterocycles. The van der Waals surface area contributed by atoms with Gasteiger partial charge in [0, 0.05) is 12.5 Å². The Bertz CT molecular complexity index is 483. The minimum atomic E-state index is -3.71. The zero-order valence-electron chi connectivity index (χ0n) is 11.2. The van der Waals surface area contributed by atoms with E-state index in [9.17, 15) is 23.5 Å². The fraction of sp³-hybridized carbons (Fsp3) is 0.636. The number of nitrogens with zero attached hydrogens (tertiary/aromatic N) is 1. The highest BCUT2D eigenvalue weighted by atomic mass is 31.2. The molecule has 0 N–H and O–H groups in total. The Labute approximate surface area is 115 Å². The topological polar surface area (TPSA) is 78.7 Å². The van der Waals surface area contributed by atoms with E-state index in [2.05, 4.69) is 0 Å². The van der Waals surface area contributed by atoms with Gasteiger partial charge in [-0.15, -0.1) is 0 Å². The molecule has 0 saturated carbocycles. The Balaban J connectivity index is 2.92. The van der Waals surface area contributed by atoms with E-state index in [0.717, 1.165) is 6.08 Å². The van der Waals surface area contributed by atoms with Crippen molar-refractivity contribution in [2.45, 2.75) is 25.9 Å². The highest BCUT2D eigenvalue weighted by molar-refractivity contribution is 7.53. The van der Waals surface area contributed by atoms with Gasteiger partial charge in [-0.2, -0.15) is 4.39 Å². The number of hydrogen-bond acceptors (Lipinski definition) is 5. The maximum atomic E-state index is 14.5. The molecule has 1 aliphatic carbocycles. The van der Waals surface area contributed by atoms with Crippen LogP contribution in [0.4, 0.5) is 8.78 Å². The van der Waals surface area contributed by atoms with Gasteiger partial charge < -0.3 is 9.05 Å². The van der Waals surface area contributed by atoms with E-state index in [0.29, 0.717) is 6.08 Å². The highest BCUT2D eigenvalue weighted by Gasteiger charge is 2.42. The van der Waals surface area contributed by atoms with Gasteiger partial charge in [-0.05, 0) is 19.9 Å². The van der Waals surface area contributed by atoms with Crippen LogP contribution in [0.15, 0.2) is 23.7 Å². The van der Waals surface area contributed by atoms with E-state index < -0.39 is 42.3 Å². The molecular weight excluding hydrogens is 295 g/mol. The molecule has 0 amide bonds. The van der Waals surface area contributed by atoms with E-state index >= 15 is 0 Å². The first-order valence-corrected chi connectivity index (χ1v) is 7.78. The summed E-state index contributed by atoms with van der Waals surface area (Å²) >= 11 is 0. The van der Waals surface area contributed by atoms with Gasteiger partial charge in [0.2, 0.25) is 0 Å². The second-order valence-electron chi connectivity index (χ2n) is 4.18. The quantitative estimate of drug-likeness (QED) is 0.409. The fourth-order valence-electron chi connectivity index (χ4n) is 1.84. The Hall–Kier alpha value is -1.11. The Morgan fingerprint density at radius 1 is 1.45 bits per heavy atom. The van der Waals surface area contributed by atoms with Crippen LogP contribution in [0.25, 0.3) is 0 Å². The molecule has 0 aromatic carbocycles. The predicted octanol–water partition coefficient (Wildman–Crippen LogP) is 3.38. The molecule has 6 nitrogen and oxygen atoms in total. The zero-order valence-corrected chi connectivity index (χ0v) is 12.1. The second-order valence-corrected chi connectivity index (χ2v) is 6.24. The molecule has 1 aliphatic rings. The lowest BCUT2D eigenvalue weighted by Gasteiger charge is -2.27. The van der Waals surface area contributed by atoms with Crippen LogP contribution in [-0.2, 0) is 13.6 Å². The molecule has 0 radical (unpaired) electrons. The van der Waals surface area contributed by atoms with Crippen molar-refractivity contribution < 1.29 is 27.3 Å². The third-order valence-corrected chi connectivity index (χ3v) is 4.79. The maximum absolute atomic E-state index is 14.5. The first-order chi connectivity index (χ1) is 9.25. The molecule has 0 spiro atoms. The van der Waals surface area contributed by atoms with Crippen molar-refractivity contribution in [3.05, 3.63) is 33.8 Å². The molecule has 1 atom stereocenters. The van der Waals surface area contributed by atoms with Crippen LogP contribution in [0.3, 0.4) is 0 Å². The van der Waals surface area contributed by atoms with Crippen LogP contribution in [0.2, 0.25) is 0 Å². The average molecular weight is 311 g/mol. The van der Waals surface area contributed by atoms with Gasteiger partial charge >= 0.3 is 13.3 Å². The van der Waals surface area contributed by atoms with Gasteiger partial charge in [-0.1, -0.05) is 0 Å². The van der Waals surface area contributed by atoms with E-state index in [1.165, 1.54) is 0 Å². The third kappa shape index (κ3) is 4.19. The van der Waals surface area contributed by atoms with Crippen molar-refractivity contribution in [2.75, 3.05) is 19.4 Å². The van der Waals surface area contributed by atoms with Crippen LogP contribution >= 0.6 is 7.60 Å². The summed E-state index contributed by atoms with van der Waals surface area (Å²) in [5, 5.41) is 10.5. The molecule has 9 heteroatoms. The van der Waals surface area contributed by atoms with Gasteiger partial charge in [0.05, 0.1) is 24.3 Å². The fourth-order valence-corrected chi connectivity index (χ4v) is 3.75. The largest absolute Gasteiger partial charge is 0.334 e. The van der Waals surface area contributed by atoms with Gasteiger partial charge in [0.25, 0.3) is 0 Å². The van der Waals surface area contributed by atoms with Gasteiger partial charge in [0.1, 0.15) is 5.67 Å². The van der Waals surface area contributed by atoms with E-state index in [1.54, 1.807) is 13.8 Å². The molecule has 0 saturated heterocycles. The Kier molecular flexibility index (Phi) is 5.56. The lowest BCUT2D eigenvalue weighted by atomic mass is 9.97. The lowest BCUT2D eigenvalue weighted by molar-refractivity contribution is -0.423. The lowest BCUT2D eigenvalue weighted by Crippen LogP contribution is -2.29. The second kappa shape index (κ2) is 6.56. The van der Waals surface area contributed by atoms with Crippen molar-refractivity contribution in [2.24, 2.45) is 0 Å². The molecule has 0 aromatic rings. The van der Waals surface area contributed by atoms with Gasteiger partial charge in [-0.3, -0.25) is 14.7 Å². The third-order valence-electron chi connectivity index (χ3n) is 2.57. The molecule has 1 unspecified atom stereocenters. The summed E-state index contributed by atoms with van der Waals surface area (Å²) in [6, 6.07) is 0. The van der Waals surface area contributed by atoms with Gasteiger partial charge in [0.15, 0.2) is 5.83 Å². The summed E-state index contributed by atoms with van der Waals surface area (Å²) in [7, 11) is -3.71. The molecular formula is C11H16F2NO5P. The Morgan fingerprint density at radius 3 is 2.40 bits per heavy atom. The molecule has 0 fully saturated rings. The van der Waals surface area contributed by atoms with Crippen molar-refractivity contribution >= 4 is 7.60 Å². The van der Waals surface area contributed by atoms with Crippen molar-refractivity contribution in [1.82, 2.24) is 0 Å². The average Bonchev–Trinajstić information content (AvgIpc) is 2.27. The first kappa shape index (κ1) is 16.9. The van der Waals surface area contributed by atoms with Crippen molar-refractivity contribution in [3.8, 4) is 0 Å². The standard InChI is InChI=1S/C11H16F2NO5P/c1-3-18-20(17,19-4-2)8-11(13)6-5-10(14(15)16)9(12)7-11/h5,7H,3-4,6,8H2,1-2H3. The molecule has 1 rings (SSSR count). The number of halogens is 2. The van der Waals surface area contributed by atoms with Crippen molar-refractivity contribution in [1.29, 1.82) is 0 Å². The van der Waals surface area contributed by atoms with Crippen LogP contribution in [0, 0.1) is 10.1 Å². The highest BCUT2D eigenvalue weighted by Crippen LogP contribution is 2.53. The zero-order chi connectivity index (χ0) is 15.4. The molecule has 20 heavy (non-hydrogen) atoms. The minimum absolute atomic E-state index is 0.0511. The molecule has 114 valence electrons. The van der Waals surface area contributed by atoms with Gasteiger partial charge in [-0.25, -0.2) is 4.39 Å². The maximum Gasteiger partial charge on any atom is 0.334 e. The number of hydrogen-bond donors (Lipinski definition) is 0. The van der Waals surface area contributed by atoms with E-state index in [1.807, 2.05) is 0 Å². The van der Waals surface area contributed by atoms with Crippen LogP contribution < -0.4 is 0 Å². The smallest absolute Gasteiger partial charge is 0.309 e. The summed E-state index contributed by atoms with van der Waals surface area (Å²) < 4.78 is 50.1.